The third kappa shape index (κ3) is 5.17. The summed E-state index contributed by atoms with van der Waals surface area (Å²) < 4.78 is 39.7. The molecule has 6 aliphatic heterocycles. The predicted octanol–water partition coefficient (Wildman–Crippen LogP) is 3.31. The van der Waals surface area contributed by atoms with Gasteiger partial charge in [-0.3, -0.25) is 0 Å². The molecule has 13 nitrogen and oxygen atoms in total. The lowest BCUT2D eigenvalue weighted by Crippen LogP contribution is -2.89. The van der Waals surface area contributed by atoms with Crippen molar-refractivity contribution in [1.82, 2.24) is 0 Å². The van der Waals surface area contributed by atoms with Crippen molar-refractivity contribution in [3.05, 3.63) is 96.1 Å². The number of epoxide rings is 1. The second-order valence-electron chi connectivity index (χ2n) is 19.0. The molecule has 4 saturated carbocycles. The molecule has 2 aromatic carbocycles. The Morgan fingerprint density at radius 2 is 1.58 bits per heavy atom. The highest BCUT2D eigenvalue weighted by molar-refractivity contribution is 5.89. The maximum Gasteiger partial charge on any atom is 0.338 e. The lowest BCUT2D eigenvalue weighted by Gasteiger charge is -2.74. The van der Waals surface area contributed by atoms with Crippen molar-refractivity contribution < 1.29 is 63.5 Å². The molecule has 0 radical (unpaired) electrons. The molecule has 5 N–H and O–H groups in total. The summed E-state index contributed by atoms with van der Waals surface area (Å²) >= 11 is 0. The maximum atomic E-state index is 13.7. The number of aliphatic hydroxyl groups is 5. The van der Waals surface area contributed by atoms with E-state index in [0.717, 1.165) is 0 Å². The van der Waals surface area contributed by atoms with Gasteiger partial charge in [0, 0.05) is 35.3 Å². The van der Waals surface area contributed by atoms with Crippen LogP contribution in [-0.2, 0) is 39.2 Å². The zero-order valence-corrected chi connectivity index (χ0v) is 33.6. The first-order chi connectivity index (χ1) is 28.1. The number of carbonyl (C=O) groups excluding carboxylic acids is 2. The van der Waals surface area contributed by atoms with Crippen LogP contribution in [0.3, 0.4) is 0 Å². The van der Waals surface area contributed by atoms with Crippen LogP contribution in [0.2, 0.25) is 0 Å². The predicted molar refractivity (Wildman–Crippen MR) is 207 cm³/mol. The summed E-state index contributed by atoms with van der Waals surface area (Å²) in [6.45, 7) is 6.66. The molecule has 8 fully saturated rings. The molecule has 0 aromatic heterocycles. The molecule has 6 heterocycles. The van der Waals surface area contributed by atoms with E-state index < -0.39 is 113 Å². The van der Waals surface area contributed by atoms with Crippen LogP contribution in [0, 0.1) is 41.4 Å². The highest BCUT2D eigenvalue weighted by Crippen LogP contribution is 2.75. The van der Waals surface area contributed by atoms with Crippen molar-refractivity contribution in [2.45, 2.75) is 124 Å². The Morgan fingerprint density at radius 3 is 2.29 bits per heavy atom. The number of benzene rings is 2. The Morgan fingerprint density at radius 1 is 0.881 bits per heavy atom. The number of ether oxygens (including phenoxy) is 6. The van der Waals surface area contributed by atoms with Crippen LogP contribution in [0.1, 0.15) is 69.3 Å². The monoisotopic (exact) mass is 814 g/mol. The van der Waals surface area contributed by atoms with E-state index in [1.807, 2.05) is 38.1 Å². The SMILES string of the molecule is C[C@H]1[C@@H]2CC[C@@H]1[C@@H](OC(=O)c1ccccc1)C=CC=CC(=O)O[C@H]1[C@@H](C)C[C@@H]3[C@]1(O)[C@H](O)[C@@]1(CO)O[C@H]1[C@H]1[C@H]4O[C@]5(c6ccccc6)O[C@@H]([C@@H](C)[C@@]13O5)[C@@]4(O)[C@](C)(O)C2. The van der Waals surface area contributed by atoms with Crippen molar-refractivity contribution in [2.75, 3.05) is 6.61 Å². The van der Waals surface area contributed by atoms with Gasteiger partial charge in [-0.05, 0) is 68.6 Å². The minimum atomic E-state index is -2.22. The maximum absolute atomic E-state index is 13.7. The second-order valence-corrected chi connectivity index (χ2v) is 19.0. The van der Waals surface area contributed by atoms with Gasteiger partial charge in [0.2, 0.25) is 0 Å². The molecule has 1 spiro atoms. The van der Waals surface area contributed by atoms with Crippen LogP contribution in [0.25, 0.3) is 0 Å². The Balaban J connectivity index is 1.14. The van der Waals surface area contributed by atoms with Gasteiger partial charge in [0.25, 0.3) is 0 Å². The fourth-order valence-corrected chi connectivity index (χ4v) is 13.3. The van der Waals surface area contributed by atoms with Crippen molar-refractivity contribution in [3.63, 3.8) is 0 Å². The van der Waals surface area contributed by atoms with Crippen LogP contribution >= 0.6 is 0 Å². The number of fused-ring (bicyclic) bond motifs is 6. The minimum absolute atomic E-state index is 0.102. The third-order valence-corrected chi connectivity index (χ3v) is 16.2. The van der Waals surface area contributed by atoms with Crippen LogP contribution < -0.4 is 0 Å². The van der Waals surface area contributed by atoms with Gasteiger partial charge >= 0.3 is 17.9 Å². The molecule has 0 amide bonds. The molecule has 316 valence electrons. The lowest BCUT2D eigenvalue weighted by molar-refractivity contribution is -0.595. The largest absolute Gasteiger partial charge is 0.456 e. The molecule has 12 rings (SSSR count). The highest BCUT2D eigenvalue weighted by atomic mass is 16.9. The van der Waals surface area contributed by atoms with Crippen molar-refractivity contribution in [1.29, 1.82) is 0 Å². The average Bonchev–Trinajstić information content (AvgIpc) is 3.79. The van der Waals surface area contributed by atoms with Gasteiger partial charge in [0.05, 0.1) is 23.4 Å². The molecular weight excluding hydrogens is 760 g/mol. The van der Waals surface area contributed by atoms with Gasteiger partial charge in [-0.1, -0.05) is 81.5 Å². The van der Waals surface area contributed by atoms with E-state index in [1.165, 1.54) is 12.2 Å². The Bertz CT molecular complexity index is 2060. The van der Waals surface area contributed by atoms with Crippen molar-refractivity contribution >= 4 is 11.9 Å². The Kier molecular flexibility index (Phi) is 8.90. The molecular formula is C46H54O13. The lowest BCUT2D eigenvalue weighted by atomic mass is 9.49. The minimum Gasteiger partial charge on any atom is -0.456 e. The van der Waals surface area contributed by atoms with Crippen molar-refractivity contribution in [2.24, 2.45) is 41.4 Å². The first kappa shape index (κ1) is 39.6. The molecule has 2 aromatic rings. The van der Waals surface area contributed by atoms with Crippen LogP contribution in [0.15, 0.2) is 85.0 Å². The number of hydrogen-bond donors (Lipinski definition) is 5. The van der Waals surface area contributed by atoms with Crippen LogP contribution in [0.4, 0.5) is 0 Å². The van der Waals surface area contributed by atoms with Gasteiger partial charge in [-0.25, -0.2) is 9.59 Å². The smallest absolute Gasteiger partial charge is 0.338 e. The van der Waals surface area contributed by atoms with Crippen molar-refractivity contribution in [3.8, 4) is 0 Å². The molecule has 13 heteroatoms. The van der Waals surface area contributed by atoms with Crippen LogP contribution in [0.5, 0.6) is 0 Å². The molecule has 59 heavy (non-hydrogen) atoms. The number of allylic oxidation sites excluding steroid dienone is 2. The summed E-state index contributed by atoms with van der Waals surface area (Å²) in [5, 5.41) is 63.4. The molecule has 4 aliphatic carbocycles. The van der Waals surface area contributed by atoms with E-state index in [2.05, 4.69) is 6.92 Å². The van der Waals surface area contributed by atoms with Crippen LogP contribution in [-0.4, -0.2) is 109 Å². The zero-order valence-electron chi connectivity index (χ0n) is 33.6. The first-order valence-corrected chi connectivity index (χ1v) is 21.2. The number of hydrogen-bond acceptors (Lipinski definition) is 13. The van der Waals surface area contributed by atoms with E-state index >= 15 is 0 Å². The van der Waals surface area contributed by atoms with Gasteiger partial charge in [-0.15, -0.1) is 0 Å². The van der Waals surface area contributed by atoms with E-state index in [4.69, 9.17) is 28.4 Å². The fraction of sp³-hybridized carbons (Fsp3) is 0.609. The zero-order chi connectivity index (χ0) is 41.5. The third-order valence-electron chi connectivity index (χ3n) is 16.2. The summed E-state index contributed by atoms with van der Waals surface area (Å²) in [5.41, 5.74) is -8.50. The summed E-state index contributed by atoms with van der Waals surface area (Å²) in [6, 6.07) is 17.7. The second kappa shape index (κ2) is 13.3. The molecule has 10 aliphatic rings. The quantitative estimate of drug-likeness (QED) is 0.223. The number of esters is 2. The Labute approximate surface area is 342 Å². The standard InChI is InChI=1S/C46H54O13/c1-24-21-32-43(52)35(24)55-33(48)18-12-11-17-31(54-39(49)27-13-7-5-8-14-27)30-20-19-28(25(30)2)22-41(4,51)45(53)36-26(3)44(32)34(37-42(23-47,56-37)40(43)50)38(45)58-46(57-36,59-44)29-15-9-6-10-16-29/h5-18,24-26,28,30-32,34-38,40,47,50-53H,19-23H2,1-4H3/t24-,25-,26+,28+,30-,31-,32+,34-,35-,36-,37-,38+,40+,41+,42-,43+,44-,45-,46-/m0/s1. The number of rotatable bonds is 4. The fourth-order valence-electron chi connectivity index (χ4n) is 13.3. The average molecular weight is 815 g/mol. The van der Waals surface area contributed by atoms with E-state index in [-0.39, 0.29) is 30.6 Å². The summed E-state index contributed by atoms with van der Waals surface area (Å²) in [6.07, 6.45) is 0.608. The molecule has 0 unspecified atom stereocenters. The number of aliphatic hydroxyl groups excluding tert-OH is 2. The van der Waals surface area contributed by atoms with Gasteiger partial charge < -0.3 is 54.0 Å². The summed E-state index contributed by atoms with van der Waals surface area (Å²) in [5.74, 6) is -6.79. The Hall–Kier alpha value is -3.50. The first-order valence-electron chi connectivity index (χ1n) is 21.2. The molecule has 4 saturated heterocycles. The van der Waals surface area contributed by atoms with E-state index in [1.54, 1.807) is 55.5 Å². The normalized spacial score (nSPS) is 51.7. The van der Waals surface area contributed by atoms with Gasteiger partial charge in [-0.2, -0.15) is 0 Å². The van der Waals surface area contributed by atoms with Gasteiger partial charge in [0.15, 0.2) is 0 Å². The van der Waals surface area contributed by atoms with E-state index in [9.17, 15) is 35.1 Å². The van der Waals surface area contributed by atoms with E-state index in [0.29, 0.717) is 24.0 Å². The molecule has 11 bridgehead atoms. The summed E-state index contributed by atoms with van der Waals surface area (Å²) in [4.78, 5) is 27.2. The number of carbonyl (C=O) groups is 2. The highest BCUT2D eigenvalue weighted by Gasteiger charge is 2.91. The van der Waals surface area contributed by atoms with Gasteiger partial charge in [0.1, 0.15) is 53.4 Å². The topological polar surface area (TPSA) is 194 Å². The summed E-state index contributed by atoms with van der Waals surface area (Å²) in [7, 11) is 0. The molecule has 19 atom stereocenters.